The molecule has 26 heavy (non-hydrogen) atoms. The number of pyridine rings is 2. The van der Waals surface area contributed by atoms with E-state index in [1.165, 1.54) is 12.1 Å². The van der Waals surface area contributed by atoms with Crippen LogP contribution in [0, 0.1) is 23.0 Å². The van der Waals surface area contributed by atoms with Gasteiger partial charge >= 0.3 is 0 Å². The molecule has 0 saturated heterocycles. The highest BCUT2D eigenvalue weighted by Crippen LogP contribution is 2.25. The predicted octanol–water partition coefficient (Wildman–Crippen LogP) is 3.28. The van der Waals surface area contributed by atoms with Crippen LogP contribution in [0.3, 0.4) is 0 Å². The summed E-state index contributed by atoms with van der Waals surface area (Å²) in [7, 11) is 1.78. The number of aryl methyl sites for hydroxylation is 1. The van der Waals surface area contributed by atoms with Crippen LogP contribution in [0.15, 0.2) is 36.9 Å². The van der Waals surface area contributed by atoms with E-state index in [-0.39, 0.29) is 23.2 Å². The van der Waals surface area contributed by atoms with Crippen LogP contribution < -0.4 is 10.6 Å². The van der Waals surface area contributed by atoms with Gasteiger partial charge in [0.2, 0.25) is 0 Å². The number of anilines is 3. The highest BCUT2D eigenvalue weighted by atomic mass is 19.1. The number of hydrogen-bond donors (Lipinski definition) is 2. The van der Waals surface area contributed by atoms with Crippen molar-refractivity contribution in [1.82, 2.24) is 19.5 Å². The Hall–Kier alpha value is -3.54. The van der Waals surface area contributed by atoms with E-state index in [1.54, 1.807) is 31.1 Å². The molecule has 2 N–H and O–H groups in total. The lowest BCUT2D eigenvalue weighted by Gasteiger charge is -2.16. The van der Waals surface area contributed by atoms with Crippen molar-refractivity contribution in [3.05, 3.63) is 59.8 Å². The molecule has 0 aliphatic carbocycles. The summed E-state index contributed by atoms with van der Waals surface area (Å²) in [5, 5.41) is 15.0. The molecule has 3 aromatic rings. The van der Waals surface area contributed by atoms with E-state index in [0.29, 0.717) is 11.5 Å². The van der Waals surface area contributed by atoms with E-state index in [1.807, 2.05) is 6.07 Å². The molecule has 0 unspecified atom stereocenters. The van der Waals surface area contributed by atoms with Crippen LogP contribution in [0.4, 0.5) is 26.2 Å². The number of halogens is 2. The third-order valence-electron chi connectivity index (χ3n) is 3.59. The lowest BCUT2D eigenvalue weighted by atomic mass is 10.2. The van der Waals surface area contributed by atoms with Crippen molar-refractivity contribution in [2.24, 2.45) is 7.05 Å². The van der Waals surface area contributed by atoms with Gasteiger partial charge in [0.15, 0.2) is 11.6 Å². The number of nitrogens with zero attached hydrogens (tertiary/aromatic N) is 5. The van der Waals surface area contributed by atoms with E-state index >= 15 is 0 Å². The van der Waals surface area contributed by atoms with Crippen molar-refractivity contribution in [3.8, 4) is 6.07 Å². The zero-order chi connectivity index (χ0) is 18.7. The molecular formula is C17H15F2N7. The molecular weight excluding hydrogens is 340 g/mol. The fourth-order valence-corrected chi connectivity index (χ4v) is 2.29. The van der Waals surface area contributed by atoms with Crippen LogP contribution >= 0.6 is 0 Å². The summed E-state index contributed by atoms with van der Waals surface area (Å²) >= 11 is 0. The molecule has 0 aliphatic heterocycles. The van der Waals surface area contributed by atoms with Crippen LogP contribution in [-0.4, -0.2) is 19.5 Å². The monoisotopic (exact) mass is 355 g/mol. The van der Waals surface area contributed by atoms with Crippen molar-refractivity contribution < 1.29 is 8.78 Å². The number of nitriles is 1. The normalized spacial score (nSPS) is 11.7. The van der Waals surface area contributed by atoms with Crippen LogP contribution in [0.2, 0.25) is 0 Å². The van der Waals surface area contributed by atoms with Crippen molar-refractivity contribution in [3.63, 3.8) is 0 Å². The van der Waals surface area contributed by atoms with Gasteiger partial charge in [-0.25, -0.2) is 18.7 Å². The zero-order valence-electron chi connectivity index (χ0n) is 14.0. The molecule has 7 nitrogen and oxygen atoms in total. The van der Waals surface area contributed by atoms with Gasteiger partial charge in [-0.1, -0.05) is 0 Å². The van der Waals surface area contributed by atoms with Gasteiger partial charge in [-0.2, -0.15) is 5.26 Å². The van der Waals surface area contributed by atoms with Gasteiger partial charge in [-0.3, -0.25) is 4.98 Å². The number of rotatable bonds is 5. The third kappa shape index (κ3) is 3.75. The molecule has 0 amide bonds. The van der Waals surface area contributed by atoms with E-state index in [0.717, 1.165) is 12.3 Å². The largest absolute Gasteiger partial charge is 0.361 e. The van der Waals surface area contributed by atoms with Crippen molar-refractivity contribution in [2.75, 3.05) is 10.6 Å². The molecule has 1 atom stereocenters. The lowest BCUT2D eigenvalue weighted by molar-refractivity contribution is 0.617. The molecule has 0 aromatic carbocycles. The number of hydrogen-bond acceptors (Lipinski definition) is 6. The molecule has 132 valence electrons. The maximum absolute atomic E-state index is 14.2. The first-order valence-electron chi connectivity index (χ1n) is 7.70. The molecule has 3 aromatic heterocycles. The summed E-state index contributed by atoms with van der Waals surface area (Å²) in [6.45, 7) is 1.78. The van der Waals surface area contributed by atoms with Crippen molar-refractivity contribution >= 4 is 17.5 Å². The number of aromatic nitrogens is 4. The average Bonchev–Trinajstić information content (AvgIpc) is 3.03. The molecule has 0 spiro atoms. The Morgan fingerprint density at radius 3 is 2.65 bits per heavy atom. The van der Waals surface area contributed by atoms with Crippen LogP contribution in [0.1, 0.15) is 24.2 Å². The minimum atomic E-state index is -0.676. The van der Waals surface area contributed by atoms with Gasteiger partial charge in [0.05, 0.1) is 29.8 Å². The Morgan fingerprint density at radius 2 is 2.04 bits per heavy atom. The van der Waals surface area contributed by atoms with Gasteiger partial charge in [0.1, 0.15) is 23.5 Å². The first-order chi connectivity index (χ1) is 12.5. The number of nitrogens with one attached hydrogen (secondary N) is 2. The summed E-state index contributed by atoms with van der Waals surface area (Å²) in [4.78, 5) is 12.2. The molecule has 3 rings (SSSR count). The number of imidazole rings is 1. The molecule has 0 saturated carbocycles. The van der Waals surface area contributed by atoms with Crippen molar-refractivity contribution in [2.45, 2.75) is 13.0 Å². The quantitative estimate of drug-likeness (QED) is 0.730. The lowest BCUT2D eigenvalue weighted by Crippen LogP contribution is -2.12. The standard InChI is InChI=1S/C17H15F2N7/c1-10(14-4-3-12(18)7-21-14)23-16-11(6-20)5-13(19)17(25-16)24-15-8-26(2)9-22-15/h3-5,7-10H,1-2H3,(H2,23,24,25)/t10-/m1/s1. The molecule has 9 heteroatoms. The molecule has 0 bridgehead atoms. The minimum absolute atomic E-state index is 0.0445. The fourth-order valence-electron chi connectivity index (χ4n) is 2.29. The Morgan fingerprint density at radius 1 is 1.23 bits per heavy atom. The van der Waals surface area contributed by atoms with Gasteiger partial charge in [-0.15, -0.1) is 0 Å². The Kier molecular flexibility index (Phi) is 4.75. The van der Waals surface area contributed by atoms with E-state index < -0.39 is 11.6 Å². The predicted molar refractivity (Wildman–Crippen MR) is 91.6 cm³/mol. The van der Waals surface area contributed by atoms with Gasteiger partial charge < -0.3 is 15.2 Å². The fraction of sp³-hybridized carbons (Fsp3) is 0.176. The molecule has 3 heterocycles. The average molecular weight is 355 g/mol. The van der Waals surface area contributed by atoms with Gasteiger partial charge in [0.25, 0.3) is 0 Å². The Bertz CT molecular complexity index is 960. The smallest absolute Gasteiger partial charge is 0.170 e. The Labute approximate surface area is 148 Å². The molecule has 0 radical (unpaired) electrons. The maximum Gasteiger partial charge on any atom is 0.170 e. The summed E-state index contributed by atoms with van der Waals surface area (Å²) in [5.41, 5.74) is 0.601. The van der Waals surface area contributed by atoms with Crippen LogP contribution in [0.5, 0.6) is 0 Å². The summed E-state index contributed by atoms with van der Waals surface area (Å²) < 4.78 is 28.9. The SMILES string of the molecule is C[C@@H](Nc1nc(Nc2cn(C)cn2)c(F)cc1C#N)c1ccc(F)cn1. The zero-order valence-corrected chi connectivity index (χ0v) is 14.0. The minimum Gasteiger partial charge on any atom is -0.361 e. The van der Waals surface area contributed by atoms with E-state index in [4.69, 9.17) is 0 Å². The molecule has 0 aliphatic rings. The topological polar surface area (TPSA) is 91.5 Å². The Balaban J connectivity index is 1.88. The van der Waals surface area contributed by atoms with E-state index in [2.05, 4.69) is 25.6 Å². The first-order valence-corrected chi connectivity index (χ1v) is 7.70. The summed E-state index contributed by atoms with van der Waals surface area (Å²) in [6, 6.07) is 5.43. The maximum atomic E-state index is 14.2. The second kappa shape index (κ2) is 7.14. The van der Waals surface area contributed by atoms with Crippen LogP contribution in [-0.2, 0) is 7.05 Å². The first kappa shape index (κ1) is 17.3. The highest BCUT2D eigenvalue weighted by molar-refractivity contribution is 5.61. The second-order valence-electron chi connectivity index (χ2n) is 5.64. The third-order valence-corrected chi connectivity index (χ3v) is 3.59. The van der Waals surface area contributed by atoms with E-state index in [9.17, 15) is 14.0 Å². The highest BCUT2D eigenvalue weighted by Gasteiger charge is 2.16. The van der Waals surface area contributed by atoms with Gasteiger partial charge in [-0.05, 0) is 25.1 Å². The van der Waals surface area contributed by atoms with Crippen LogP contribution in [0.25, 0.3) is 0 Å². The van der Waals surface area contributed by atoms with Gasteiger partial charge in [0, 0.05) is 13.2 Å². The summed E-state index contributed by atoms with van der Waals surface area (Å²) in [5.74, 6) is -0.580. The van der Waals surface area contributed by atoms with Crippen molar-refractivity contribution in [1.29, 1.82) is 5.26 Å². The second-order valence-corrected chi connectivity index (χ2v) is 5.64. The summed E-state index contributed by atoms with van der Waals surface area (Å²) in [6.07, 6.45) is 4.33. The molecule has 0 fully saturated rings.